The van der Waals surface area contributed by atoms with Crippen molar-refractivity contribution in [3.63, 3.8) is 0 Å². The van der Waals surface area contributed by atoms with E-state index < -0.39 is 0 Å². The first-order valence-corrected chi connectivity index (χ1v) is 7.82. The van der Waals surface area contributed by atoms with Gasteiger partial charge < -0.3 is 4.98 Å². The highest BCUT2D eigenvalue weighted by molar-refractivity contribution is 6.09. The summed E-state index contributed by atoms with van der Waals surface area (Å²) in [4.78, 5) is 15.9. The summed E-state index contributed by atoms with van der Waals surface area (Å²) in [5.74, 6) is -0.300. The molecular formula is C19H15N5O. The van der Waals surface area contributed by atoms with Crippen molar-refractivity contribution in [1.29, 1.82) is 0 Å². The lowest BCUT2D eigenvalue weighted by atomic mass is 10.0. The van der Waals surface area contributed by atoms with E-state index in [1.807, 2.05) is 54.6 Å². The maximum atomic E-state index is 12.7. The Balaban J connectivity index is 1.72. The number of nitrogens with zero attached hydrogens (tertiary/aromatic N) is 2. The summed E-state index contributed by atoms with van der Waals surface area (Å²) >= 11 is 0. The number of fused-ring (bicyclic) bond motifs is 1. The quantitative estimate of drug-likeness (QED) is 0.396. The largest absolute Gasteiger partial charge is 0.350 e. The molecule has 0 fully saturated rings. The predicted octanol–water partition coefficient (Wildman–Crippen LogP) is 3.32. The molecule has 0 atom stereocenters. The molecule has 2 aromatic heterocycles. The second-order valence-corrected chi connectivity index (χ2v) is 5.50. The summed E-state index contributed by atoms with van der Waals surface area (Å²) in [5.41, 5.74) is 6.50. The Morgan fingerprint density at radius 2 is 1.84 bits per heavy atom. The summed E-state index contributed by atoms with van der Waals surface area (Å²) in [5, 5.41) is 11.6. The van der Waals surface area contributed by atoms with Gasteiger partial charge in [0.1, 0.15) is 5.69 Å². The molecule has 0 radical (unpaired) electrons. The zero-order valence-electron chi connectivity index (χ0n) is 13.2. The minimum atomic E-state index is -0.300. The molecule has 6 nitrogen and oxygen atoms in total. The Hall–Kier alpha value is -3.67. The Labute approximate surface area is 143 Å². The van der Waals surface area contributed by atoms with Gasteiger partial charge in [0, 0.05) is 22.7 Å². The van der Waals surface area contributed by atoms with Gasteiger partial charge >= 0.3 is 0 Å². The highest BCUT2D eigenvalue weighted by Gasteiger charge is 2.18. The lowest BCUT2D eigenvalue weighted by molar-refractivity contribution is 0.0951. The maximum Gasteiger partial charge on any atom is 0.288 e. The van der Waals surface area contributed by atoms with E-state index in [1.54, 1.807) is 12.3 Å². The number of aromatic amines is 2. The summed E-state index contributed by atoms with van der Waals surface area (Å²) in [7, 11) is 0. The van der Waals surface area contributed by atoms with Crippen LogP contribution < -0.4 is 5.43 Å². The molecule has 0 saturated heterocycles. The fourth-order valence-electron chi connectivity index (χ4n) is 2.77. The summed E-state index contributed by atoms with van der Waals surface area (Å²) < 4.78 is 0. The minimum Gasteiger partial charge on any atom is -0.350 e. The van der Waals surface area contributed by atoms with Gasteiger partial charge in [-0.25, -0.2) is 5.43 Å². The van der Waals surface area contributed by atoms with Crippen molar-refractivity contribution in [3.05, 3.63) is 78.2 Å². The maximum absolute atomic E-state index is 12.7. The first-order valence-electron chi connectivity index (χ1n) is 7.82. The molecule has 0 aliphatic carbocycles. The number of carbonyl (C=O) groups is 1. The lowest BCUT2D eigenvalue weighted by Crippen LogP contribution is -2.18. The van der Waals surface area contributed by atoms with E-state index in [9.17, 15) is 4.79 Å². The zero-order valence-corrected chi connectivity index (χ0v) is 13.2. The van der Waals surface area contributed by atoms with Gasteiger partial charge in [0.25, 0.3) is 5.91 Å². The van der Waals surface area contributed by atoms with Crippen LogP contribution in [0.3, 0.4) is 0 Å². The van der Waals surface area contributed by atoms with Crippen LogP contribution in [0.2, 0.25) is 0 Å². The number of rotatable bonds is 4. The molecule has 1 amide bonds. The predicted molar refractivity (Wildman–Crippen MR) is 97.4 cm³/mol. The Morgan fingerprint density at radius 1 is 1.04 bits per heavy atom. The number of hydrogen-bond acceptors (Lipinski definition) is 3. The van der Waals surface area contributed by atoms with Crippen LogP contribution in [0.4, 0.5) is 0 Å². The van der Waals surface area contributed by atoms with Crippen LogP contribution in [0.15, 0.2) is 72.0 Å². The van der Waals surface area contributed by atoms with Crippen LogP contribution in [0, 0.1) is 0 Å². The smallest absolute Gasteiger partial charge is 0.288 e. The van der Waals surface area contributed by atoms with E-state index in [4.69, 9.17) is 0 Å². The van der Waals surface area contributed by atoms with Crippen LogP contribution in [0.25, 0.3) is 22.0 Å². The summed E-state index contributed by atoms with van der Waals surface area (Å²) in [6.45, 7) is 0. The van der Waals surface area contributed by atoms with Gasteiger partial charge in [-0.1, -0.05) is 48.5 Å². The van der Waals surface area contributed by atoms with Crippen LogP contribution in [0.5, 0.6) is 0 Å². The number of carbonyl (C=O) groups excluding carboxylic acids is 1. The Kier molecular flexibility index (Phi) is 3.84. The van der Waals surface area contributed by atoms with Crippen molar-refractivity contribution >= 4 is 23.0 Å². The number of aromatic nitrogens is 3. The number of hydrazone groups is 1. The number of hydrogen-bond donors (Lipinski definition) is 3. The van der Waals surface area contributed by atoms with Crippen LogP contribution in [0.1, 0.15) is 16.2 Å². The second kappa shape index (κ2) is 6.45. The third-order valence-corrected chi connectivity index (χ3v) is 3.89. The van der Waals surface area contributed by atoms with Gasteiger partial charge in [-0.15, -0.1) is 0 Å². The molecular weight excluding hydrogens is 314 g/mol. The van der Waals surface area contributed by atoms with Gasteiger partial charge in [-0.3, -0.25) is 9.89 Å². The van der Waals surface area contributed by atoms with Crippen molar-refractivity contribution in [2.24, 2.45) is 5.10 Å². The van der Waals surface area contributed by atoms with E-state index in [0.29, 0.717) is 11.4 Å². The standard InChI is InChI=1S/C19H15N5O/c25-19(24-21-12-14-10-11-20-23-14)18-17(13-6-2-1-3-7-13)15-8-4-5-9-16(15)22-18/h1-12,22H,(H,20,23)(H,24,25)/b21-12-. The molecule has 0 aliphatic heterocycles. The van der Waals surface area contributed by atoms with Crippen LogP contribution >= 0.6 is 0 Å². The van der Waals surface area contributed by atoms with E-state index >= 15 is 0 Å². The Bertz CT molecular complexity index is 1030. The van der Waals surface area contributed by atoms with Gasteiger partial charge in [0.2, 0.25) is 0 Å². The Morgan fingerprint density at radius 3 is 2.64 bits per heavy atom. The van der Waals surface area contributed by atoms with Crippen LogP contribution in [-0.4, -0.2) is 27.3 Å². The molecule has 0 bridgehead atoms. The van der Waals surface area contributed by atoms with Crippen molar-refractivity contribution in [2.45, 2.75) is 0 Å². The molecule has 2 aromatic carbocycles. The average molecular weight is 329 g/mol. The topological polar surface area (TPSA) is 85.9 Å². The van der Waals surface area contributed by atoms with E-state index in [2.05, 4.69) is 25.7 Å². The van der Waals surface area contributed by atoms with Crippen molar-refractivity contribution in [2.75, 3.05) is 0 Å². The van der Waals surface area contributed by atoms with Crippen LogP contribution in [-0.2, 0) is 0 Å². The lowest BCUT2D eigenvalue weighted by Gasteiger charge is -2.04. The molecule has 25 heavy (non-hydrogen) atoms. The van der Waals surface area contributed by atoms with E-state index in [-0.39, 0.29) is 5.91 Å². The highest BCUT2D eigenvalue weighted by atomic mass is 16.2. The van der Waals surface area contributed by atoms with Gasteiger partial charge in [0.05, 0.1) is 11.9 Å². The normalized spacial score (nSPS) is 11.2. The number of para-hydroxylation sites is 1. The molecule has 4 aromatic rings. The van der Waals surface area contributed by atoms with Gasteiger partial charge in [-0.2, -0.15) is 10.2 Å². The third kappa shape index (κ3) is 2.92. The first kappa shape index (κ1) is 14.9. The zero-order chi connectivity index (χ0) is 17.1. The molecule has 2 heterocycles. The monoisotopic (exact) mass is 329 g/mol. The molecule has 3 N–H and O–H groups in total. The fourth-order valence-corrected chi connectivity index (χ4v) is 2.77. The summed E-state index contributed by atoms with van der Waals surface area (Å²) in [6.07, 6.45) is 3.13. The second-order valence-electron chi connectivity index (χ2n) is 5.50. The number of nitrogens with one attached hydrogen (secondary N) is 3. The van der Waals surface area contributed by atoms with Crippen molar-refractivity contribution < 1.29 is 4.79 Å². The summed E-state index contributed by atoms with van der Waals surface area (Å²) in [6, 6.07) is 19.4. The molecule has 0 aliphatic rings. The van der Waals surface area contributed by atoms with Gasteiger partial charge in [0.15, 0.2) is 0 Å². The fraction of sp³-hybridized carbons (Fsp3) is 0. The molecule has 0 saturated carbocycles. The number of benzene rings is 2. The first-order chi connectivity index (χ1) is 12.3. The molecule has 122 valence electrons. The molecule has 6 heteroatoms. The SMILES string of the molecule is O=C(N/N=C\c1ccn[nH]1)c1[nH]c2ccccc2c1-c1ccccc1. The molecule has 0 unspecified atom stereocenters. The third-order valence-electron chi connectivity index (χ3n) is 3.89. The number of amides is 1. The molecule has 0 spiro atoms. The minimum absolute atomic E-state index is 0.300. The van der Waals surface area contributed by atoms with E-state index in [0.717, 1.165) is 22.0 Å². The van der Waals surface area contributed by atoms with Crippen molar-refractivity contribution in [3.8, 4) is 11.1 Å². The van der Waals surface area contributed by atoms with Crippen molar-refractivity contribution in [1.82, 2.24) is 20.6 Å². The van der Waals surface area contributed by atoms with Gasteiger partial charge in [-0.05, 0) is 17.7 Å². The average Bonchev–Trinajstić information content (AvgIpc) is 3.30. The van der Waals surface area contributed by atoms with E-state index in [1.165, 1.54) is 6.21 Å². The molecule has 4 rings (SSSR count). The number of H-pyrrole nitrogens is 2. The highest BCUT2D eigenvalue weighted by Crippen LogP contribution is 2.32.